The Labute approximate surface area is 177 Å². The summed E-state index contributed by atoms with van der Waals surface area (Å²) in [4.78, 5) is 29.3. The third kappa shape index (κ3) is 5.26. The molecule has 4 rings (SSSR count). The van der Waals surface area contributed by atoms with Crippen LogP contribution >= 0.6 is 0 Å². The summed E-state index contributed by atoms with van der Waals surface area (Å²) < 4.78 is 5.40. The molecule has 0 aliphatic carbocycles. The van der Waals surface area contributed by atoms with Crippen molar-refractivity contribution in [3.05, 3.63) is 65.2 Å². The molecule has 2 amide bonds. The number of hydrogen-bond acceptors (Lipinski definition) is 4. The van der Waals surface area contributed by atoms with Crippen molar-refractivity contribution in [2.75, 3.05) is 38.2 Å². The first-order valence-electron chi connectivity index (χ1n) is 10.6. The highest BCUT2D eigenvalue weighted by Crippen LogP contribution is 2.23. The normalized spacial score (nSPS) is 19.8. The number of carbonyl (C=O) groups is 2. The number of amides is 2. The molecule has 6 heteroatoms. The lowest BCUT2D eigenvalue weighted by Crippen LogP contribution is -2.35. The van der Waals surface area contributed by atoms with E-state index in [1.807, 2.05) is 49.4 Å². The lowest BCUT2D eigenvalue weighted by Gasteiger charge is -2.26. The van der Waals surface area contributed by atoms with Gasteiger partial charge in [-0.15, -0.1) is 0 Å². The molecule has 2 aromatic carbocycles. The third-order valence-electron chi connectivity index (χ3n) is 5.78. The van der Waals surface area contributed by atoms with Crippen LogP contribution in [0.3, 0.4) is 0 Å². The lowest BCUT2D eigenvalue weighted by atomic mass is 10.1. The Bertz CT molecular complexity index is 891. The van der Waals surface area contributed by atoms with Gasteiger partial charge in [0.25, 0.3) is 0 Å². The average molecular weight is 408 g/mol. The maximum absolute atomic E-state index is 12.8. The molecular weight excluding hydrogens is 378 g/mol. The number of nitrogens with zero attached hydrogens (tertiary/aromatic N) is 2. The van der Waals surface area contributed by atoms with Crippen molar-refractivity contribution >= 4 is 17.5 Å². The minimum absolute atomic E-state index is 0.0387. The largest absolute Gasteiger partial charge is 0.379 e. The molecule has 6 nitrogen and oxygen atoms in total. The van der Waals surface area contributed by atoms with Crippen LogP contribution < -0.4 is 5.32 Å². The molecule has 2 fully saturated rings. The number of morpholine rings is 1. The van der Waals surface area contributed by atoms with Gasteiger partial charge in [0.05, 0.1) is 19.1 Å². The van der Waals surface area contributed by atoms with Gasteiger partial charge in [-0.05, 0) is 30.2 Å². The van der Waals surface area contributed by atoms with Crippen LogP contribution in [-0.4, -0.2) is 54.5 Å². The topological polar surface area (TPSA) is 61.9 Å². The van der Waals surface area contributed by atoms with Crippen molar-refractivity contribution in [3.8, 4) is 0 Å². The fourth-order valence-electron chi connectivity index (χ4n) is 4.02. The van der Waals surface area contributed by atoms with E-state index in [0.717, 1.165) is 49.7 Å². The van der Waals surface area contributed by atoms with Crippen LogP contribution in [0.25, 0.3) is 0 Å². The second kappa shape index (κ2) is 9.41. The van der Waals surface area contributed by atoms with Gasteiger partial charge in [0.15, 0.2) is 0 Å². The molecule has 1 atom stereocenters. The van der Waals surface area contributed by atoms with Gasteiger partial charge in [-0.2, -0.15) is 0 Å². The van der Waals surface area contributed by atoms with E-state index in [9.17, 15) is 9.59 Å². The molecular formula is C24H29N3O3. The average Bonchev–Trinajstić information content (AvgIpc) is 3.11. The summed E-state index contributed by atoms with van der Waals surface area (Å²) in [6.45, 7) is 7.30. The second-order valence-corrected chi connectivity index (χ2v) is 8.24. The summed E-state index contributed by atoms with van der Waals surface area (Å²) in [5.41, 5.74) is 4.24. The molecule has 0 aromatic heterocycles. The number of rotatable bonds is 6. The van der Waals surface area contributed by atoms with Crippen molar-refractivity contribution in [2.24, 2.45) is 5.92 Å². The van der Waals surface area contributed by atoms with E-state index in [1.165, 1.54) is 5.56 Å². The molecule has 0 spiro atoms. The first kappa shape index (κ1) is 20.6. The van der Waals surface area contributed by atoms with Gasteiger partial charge in [-0.25, -0.2) is 0 Å². The highest BCUT2D eigenvalue weighted by atomic mass is 16.5. The second-order valence-electron chi connectivity index (χ2n) is 8.24. The molecule has 0 bridgehead atoms. The van der Waals surface area contributed by atoms with Crippen LogP contribution in [0.15, 0.2) is 48.5 Å². The molecule has 0 radical (unpaired) electrons. The van der Waals surface area contributed by atoms with Crippen molar-refractivity contribution in [3.63, 3.8) is 0 Å². The molecule has 2 aliphatic rings. The fraction of sp³-hybridized carbons (Fsp3) is 0.417. The Morgan fingerprint density at radius 3 is 2.60 bits per heavy atom. The van der Waals surface area contributed by atoms with Crippen LogP contribution in [0.2, 0.25) is 0 Å². The number of aryl methyl sites for hydroxylation is 1. The van der Waals surface area contributed by atoms with Gasteiger partial charge < -0.3 is 15.0 Å². The summed E-state index contributed by atoms with van der Waals surface area (Å²) in [6.07, 6.45) is 0.269. The van der Waals surface area contributed by atoms with E-state index in [1.54, 1.807) is 4.90 Å². The van der Waals surface area contributed by atoms with Crippen LogP contribution in [0.5, 0.6) is 0 Å². The first-order valence-corrected chi connectivity index (χ1v) is 10.6. The van der Waals surface area contributed by atoms with Crippen LogP contribution in [0, 0.1) is 12.8 Å². The van der Waals surface area contributed by atoms with E-state index in [2.05, 4.69) is 16.3 Å². The number of benzene rings is 2. The summed E-state index contributed by atoms with van der Waals surface area (Å²) in [6, 6.07) is 16.1. The van der Waals surface area contributed by atoms with Crippen LogP contribution in [0.4, 0.5) is 5.69 Å². The van der Waals surface area contributed by atoms with E-state index >= 15 is 0 Å². The SMILES string of the molecule is Cc1ccc(CN2CC(C(=O)Nc3cccc(CN4CCOCC4)c3)CC2=O)cc1. The highest BCUT2D eigenvalue weighted by molar-refractivity contribution is 5.97. The lowest BCUT2D eigenvalue weighted by molar-refractivity contribution is -0.128. The summed E-state index contributed by atoms with van der Waals surface area (Å²) >= 11 is 0. The van der Waals surface area contributed by atoms with Crippen molar-refractivity contribution in [1.82, 2.24) is 9.80 Å². The van der Waals surface area contributed by atoms with Gasteiger partial charge in [0, 0.05) is 44.8 Å². The van der Waals surface area contributed by atoms with Gasteiger partial charge in [-0.3, -0.25) is 14.5 Å². The van der Waals surface area contributed by atoms with Crippen LogP contribution in [0.1, 0.15) is 23.1 Å². The molecule has 1 unspecified atom stereocenters. The first-order chi connectivity index (χ1) is 14.6. The third-order valence-corrected chi connectivity index (χ3v) is 5.78. The van der Waals surface area contributed by atoms with Crippen molar-refractivity contribution in [2.45, 2.75) is 26.4 Å². The zero-order chi connectivity index (χ0) is 20.9. The smallest absolute Gasteiger partial charge is 0.229 e. The molecule has 1 N–H and O–H groups in total. The number of anilines is 1. The molecule has 0 saturated carbocycles. The molecule has 2 heterocycles. The highest BCUT2D eigenvalue weighted by Gasteiger charge is 2.34. The molecule has 158 valence electrons. The van der Waals surface area contributed by atoms with E-state index in [4.69, 9.17) is 4.74 Å². The van der Waals surface area contributed by atoms with Gasteiger partial charge >= 0.3 is 0 Å². The van der Waals surface area contributed by atoms with E-state index in [-0.39, 0.29) is 24.2 Å². The zero-order valence-corrected chi connectivity index (χ0v) is 17.5. The molecule has 2 aliphatic heterocycles. The minimum atomic E-state index is -0.314. The van der Waals surface area contributed by atoms with Crippen molar-refractivity contribution < 1.29 is 14.3 Å². The Morgan fingerprint density at radius 1 is 1.07 bits per heavy atom. The number of carbonyl (C=O) groups excluding carboxylic acids is 2. The predicted molar refractivity (Wildman–Crippen MR) is 116 cm³/mol. The van der Waals surface area contributed by atoms with Crippen molar-refractivity contribution in [1.29, 1.82) is 0 Å². The Hall–Kier alpha value is -2.70. The maximum atomic E-state index is 12.8. The molecule has 2 saturated heterocycles. The van der Waals surface area contributed by atoms with Crippen LogP contribution in [-0.2, 0) is 27.4 Å². The van der Waals surface area contributed by atoms with E-state index < -0.39 is 0 Å². The summed E-state index contributed by atoms with van der Waals surface area (Å²) in [5, 5.41) is 3.01. The number of likely N-dealkylation sites (tertiary alicyclic amines) is 1. The number of nitrogens with one attached hydrogen (secondary N) is 1. The minimum Gasteiger partial charge on any atom is -0.379 e. The van der Waals surface area contributed by atoms with E-state index in [0.29, 0.717) is 13.1 Å². The quantitative estimate of drug-likeness (QED) is 0.800. The summed E-state index contributed by atoms with van der Waals surface area (Å²) in [5.74, 6) is -0.360. The fourth-order valence-corrected chi connectivity index (χ4v) is 4.02. The number of ether oxygens (including phenoxy) is 1. The number of hydrogen-bond donors (Lipinski definition) is 1. The Balaban J connectivity index is 1.33. The summed E-state index contributed by atoms with van der Waals surface area (Å²) in [7, 11) is 0. The molecule has 30 heavy (non-hydrogen) atoms. The Morgan fingerprint density at radius 2 is 1.83 bits per heavy atom. The zero-order valence-electron chi connectivity index (χ0n) is 17.5. The van der Waals surface area contributed by atoms with Gasteiger partial charge in [0.1, 0.15) is 0 Å². The monoisotopic (exact) mass is 407 g/mol. The Kier molecular flexibility index (Phi) is 6.45. The predicted octanol–water partition coefficient (Wildman–Crippen LogP) is 2.81. The standard InChI is InChI=1S/C24H29N3O3/c1-18-5-7-19(8-6-18)16-27-17-21(14-23(27)28)24(29)25-22-4-2-3-20(13-22)15-26-9-11-30-12-10-26/h2-8,13,21H,9-12,14-17H2,1H3,(H,25,29). The molecule has 2 aromatic rings. The maximum Gasteiger partial charge on any atom is 0.229 e. The van der Waals surface area contributed by atoms with Gasteiger partial charge in [-0.1, -0.05) is 42.0 Å². The van der Waals surface area contributed by atoms with Gasteiger partial charge in [0.2, 0.25) is 11.8 Å².